The normalized spacial score (nSPS) is 23.6. The van der Waals surface area contributed by atoms with Gasteiger partial charge in [0.25, 0.3) is 0 Å². The van der Waals surface area contributed by atoms with Crippen molar-refractivity contribution < 1.29 is 18.3 Å². The number of allylic oxidation sites excluding steroid dienone is 2. The van der Waals surface area contributed by atoms with Gasteiger partial charge in [-0.2, -0.15) is 13.2 Å². The Bertz CT molecular complexity index is 861. The molecule has 8 heteroatoms. The van der Waals surface area contributed by atoms with E-state index in [1.54, 1.807) is 10.9 Å². The number of imidazole rings is 1. The van der Waals surface area contributed by atoms with Gasteiger partial charge in [0.2, 0.25) is 0 Å². The van der Waals surface area contributed by atoms with E-state index in [9.17, 15) is 18.3 Å². The van der Waals surface area contributed by atoms with Gasteiger partial charge in [0, 0.05) is 11.6 Å². The smallest absolute Gasteiger partial charge is 0.374 e. The minimum Gasteiger partial charge on any atom is -0.374 e. The van der Waals surface area contributed by atoms with Crippen molar-refractivity contribution in [3.8, 4) is 0 Å². The molecule has 0 spiro atoms. The van der Waals surface area contributed by atoms with Crippen molar-refractivity contribution in [3.05, 3.63) is 41.9 Å². The lowest BCUT2D eigenvalue weighted by atomic mass is 9.79. The first-order valence-corrected chi connectivity index (χ1v) is 7.77. The van der Waals surface area contributed by atoms with Gasteiger partial charge in [-0.25, -0.2) is 4.98 Å². The number of aromatic nitrogens is 2. The first kappa shape index (κ1) is 17.6. The Hall–Kier alpha value is -2.19. The van der Waals surface area contributed by atoms with E-state index in [2.05, 4.69) is 9.98 Å². The zero-order valence-corrected chi connectivity index (χ0v) is 13.9. The number of hydrogen-bond donors (Lipinski definition) is 2. The largest absolute Gasteiger partial charge is 0.432 e. The highest BCUT2D eigenvalue weighted by molar-refractivity contribution is 5.81. The summed E-state index contributed by atoms with van der Waals surface area (Å²) in [4.78, 5) is 7.90. The SMILES string of the molecule is CC(N)(O)Cn1cnc2cc(C3(C)C=NC(C(F)(F)F)=CC3)ccc21. The second-order valence-corrected chi connectivity index (χ2v) is 6.90. The van der Waals surface area contributed by atoms with Crippen LogP contribution in [0, 0.1) is 0 Å². The molecule has 0 radical (unpaired) electrons. The minimum atomic E-state index is -4.43. The van der Waals surface area contributed by atoms with E-state index in [0.29, 0.717) is 5.52 Å². The third-order valence-electron chi connectivity index (χ3n) is 4.27. The third-order valence-corrected chi connectivity index (χ3v) is 4.27. The average molecular weight is 352 g/mol. The molecule has 1 aromatic carbocycles. The van der Waals surface area contributed by atoms with E-state index < -0.39 is 23.0 Å². The van der Waals surface area contributed by atoms with Crippen LogP contribution in [0.1, 0.15) is 25.8 Å². The quantitative estimate of drug-likeness (QED) is 0.834. The van der Waals surface area contributed by atoms with Crippen LogP contribution in [0.25, 0.3) is 11.0 Å². The third kappa shape index (κ3) is 3.59. The van der Waals surface area contributed by atoms with Gasteiger partial charge < -0.3 is 15.4 Å². The molecule has 5 nitrogen and oxygen atoms in total. The Labute approximate surface area is 142 Å². The second kappa shape index (κ2) is 5.67. The summed E-state index contributed by atoms with van der Waals surface area (Å²) in [5.74, 6) is 0. The predicted octanol–water partition coefficient (Wildman–Crippen LogP) is 2.88. The van der Waals surface area contributed by atoms with Crippen LogP contribution in [0.3, 0.4) is 0 Å². The molecule has 1 aliphatic rings. The maximum Gasteiger partial charge on any atom is 0.432 e. The lowest BCUT2D eigenvalue weighted by Gasteiger charge is -2.28. The topological polar surface area (TPSA) is 76.4 Å². The number of halogens is 3. The Morgan fingerprint density at radius 1 is 1.36 bits per heavy atom. The van der Waals surface area contributed by atoms with Crippen LogP contribution < -0.4 is 5.73 Å². The van der Waals surface area contributed by atoms with Crippen LogP contribution >= 0.6 is 0 Å². The monoisotopic (exact) mass is 352 g/mol. The molecule has 3 N–H and O–H groups in total. The number of benzene rings is 1. The molecule has 0 saturated heterocycles. The van der Waals surface area contributed by atoms with Crippen LogP contribution in [-0.2, 0) is 12.0 Å². The number of rotatable bonds is 3. The highest BCUT2D eigenvalue weighted by Gasteiger charge is 2.37. The molecule has 0 bridgehead atoms. The number of nitrogens with zero attached hydrogens (tertiary/aromatic N) is 3. The van der Waals surface area contributed by atoms with Gasteiger partial charge in [-0.3, -0.25) is 4.99 Å². The number of alkyl halides is 3. The van der Waals surface area contributed by atoms with Crippen LogP contribution in [0.15, 0.2) is 41.3 Å². The van der Waals surface area contributed by atoms with E-state index in [-0.39, 0.29) is 13.0 Å². The second-order valence-electron chi connectivity index (χ2n) is 6.90. The molecular weight excluding hydrogens is 333 g/mol. The van der Waals surface area contributed by atoms with Crippen LogP contribution in [-0.4, -0.2) is 32.8 Å². The van der Waals surface area contributed by atoms with Crippen molar-refractivity contribution in [3.63, 3.8) is 0 Å². The van der Waals surface area contributed by atoms with Crippen molar-refractivity contribution >= 4 is 17.2 Å². The first-order valence-electron chi connectivity index (χ1n) is 7.77. The van der Waals surface area contributed by atoms with Crippen molar-refractivity contribution in [2.24, 2.45) is 10.7 Å². The number of nitrogens with two attached hydrogens (primary N) is 1. The summed E-state index contributed by atoms with van der Waals surface area (Å²) in [5.41, 5.74) is 5.06. The fraction of sp³-hybridized carbons (Fsp3) is 0.412. The van der Waals surface area contributed by atoms with E-state index >= 15 is 0 Å². The van der Waals surface area contributed by atoms with Crippen LogP contribution in [0.4, 0.5) is 13.2 Å². The Morgan fingerprint density at radius 3 is 2.64 bits per heavy atom. The molecule has 2 atom stereocenters. The number of hydrogen-bond acceptors (Lipinski definition) is 4. The molecule has 2 unspecified atom stereocenters. The van der Waals surface area contributed by atoms with Crippen LogP contribution in [0.5, 0.6) is 0 Å². The fourth-order valence-electron chi connectivity index (χ4n) is 2.90. The summed E-state index contributed by atoms with van der Waals surface area (Å²) in [5, 5.41) is 9.75. The summed E-state index contributed by atoms with van der Waals surface area (Å²) in [6.45, 7) is 3.51. The molecule has 3 rings (SSSR count). The molecule has 134 valence electrons. The predicted molar refractivity (Wildman–Crippen MR) is 89.1 cm³/mol. The van der Waals surface area contributed by atoms with Gasteiger partial charge in [0.1, 0.15) is 11.4 Å². The average Bonchev–Trinajstić information content (AvgIpc) is 2.87. The highest BCUT2D eigenvalue weighted by atomic mass is 19.4. The van der Waals surface area contributed by atoms with Crippen molar-refractivity contribution in [2.45, 2.75) is 44.1 Å². The molecular formula is C17H19F3N4O. The number of fused-ring (bicyclic) bond motifs is 1. The molecule has 0 saturated carbocycles. The van der Waals surface area contributed by atoms with Gasteiger partial charge in [-0.15, -0.1) is 0 Å². The molecule has 0 aliphatic carbocycles. The standard InChI is InChI=1S/C17H19F3N4O/c1-15(6-5-14(22-8-15)17(18,19)20)11-3-4-13-12(7-11)23-10-24(13)9-16(2,21)25/h3-5,7-8,10,25H,6,9,21H2,1-2H3. The lowest BCUT2D eigenvalue weighted by Crippen LogP contribution is -2.40. The Morgan fingerprint density at radius 2 is 2.08 bits per heavy atom. The summed E-state index contributed by atoms with van der Waals surface area (Å²) < 4.78 is 39.9. The Balaban J connectivity index is 1.91. The van der Waals surface area contributed by atoms with Crippen LogP contribution in [0.2, 0.25) is 0 Å². The van der Waals surface area contributed by atoms with Crippen molar-refractivity contribution in [1.29, 1.82) is 0 Å². The summed E-state index contributed by atoms with van der Waals surface area (Å²) >= 11 is 0. The van der Waals surface area contributed by atoms with E-state index in [0.717, 1.165) is 17.2 Å². The summed E-state index contributed by atoms with van der Waals surface area (Å²) in [6, 6.07) is 5.49. The minimum absolute atomic E-state index is 0.180. The van der Waals surface area contributed by atoms with Gasteiger partial charge in [-0.05, 0) is 31.0 Å². The Kier molecular flexibility index (Phi) is 4.00. The van der Waals surface area contributed by atoms with E-state index in [1.165, 1.54) is 13.1 Å². The molecule has 25 heavy (non-hydrogen) atoms. The summed E-state index contributed by atoms with van der Waals surface area (Å²) in [7, 11) is 0. The van der Waals surface area contributed by atoms with E-state index in [4.69, 9.17) is 5.73 Å². The molecule has 0 fully saturated rings. The highest BCUT2D eigenvalue weighted by Crippen LogP contribution is 2.36. The maximum atomic E-state index is 12.7. The van der Waals surface area contributed by atoms with Crippen molar-refractivity contribution in [1.82, 2.24) is 9.55 Å². The number of aliphatic hydroxyl groups is 1. The zero-order chi connectivity index (χ0) is 18.5. The summed E-state index contributed by atoms with van der Waals surface area (Å²) in [6.07, 6.45) is -0.184. The maximum absolute atomic E-state index is 12.7. The molecule has 0 amide bonds. The van der Waals surface area contributed by atoms with Crippen molar-refractivity contribution in [2.75, 3.05) is 0 Å². The van der Waals surface area contributed by atoms with Gasteiger partial charge in [0.05, 0.1) is 23.9 Å². The van der Waals surface area contributed by atoms with Gasteiger partial charge in [0.15, 0.2) is 0 Å². The first-order chi connectivity index (χ1) is 11.5. The lowest BCUT2D eigenvalue weighted by molar-refractivity contribution is -0.0928. The fourth-order valence-corrected chi connectivity index (χ4v) is 2.90. The molecule has 2 heterocycles. The number of aliphatic imine (C=N–C) groups is 1. The zero-order valence-electron chi connectivity index (χ0n) is 13.9. The van der Waals surface area contributed by atoms with Gasteiger partial charge in [-0.1, -0.05) is 19.1 Å². The molecule has 1 aliphatic heterocycles. The molecule has 1 aromatic heterocycles. The molecule has 2 aromatic rings. The van der Waals surface area contributed by atoms with E-state index in [1.807, 2.05) is 25.1 Å². The van der Waals surface area contributed by atoms with Gasteiger partial charge >= 0.3 is 6.18 Å².